The van der Waals surface area contributed by atoms with E-state index in [2.05, 4.69) is 30.3 Å². The molecule has 2 unspecified atom stereocenters. The van der Waals surface area contributed by atoms with E-state index in [1.807, 2.05) is 0 Å². The van der Waals surface area contributed by atoms with Crippen LogP contribution in [0.15, 0.2) is 11.9 Å². The average molecular weight is 251 g/mol. The molecule has 2 fully saturated rings. The largest absolute Gasteiger partial charge is 0.400 e. The first-order valence-electron chi connectivity index (χ1n) is 7.58. The SMILES string of the molecule is CC1CCC(N/C=C(\N)CN2CCCC2)[C@@H](C)C1. The maximum Gasteiger partial charge on any atom is 0.0394 e. The Bertz CT molecular complexity index is 281. The number of hydrogen-bond donors (Lipinski definition) is 2. The molecule has 0 spiro atoms. The van der Waals surface area contributed by atoms with Crippen molar-refractivity contribution in [2.75, 3.05) is 19.6 Å². The molecule has 1 saturated heterocycles. The molecule has 2 aliphatic rings. The van der Waals surface area contributed by atoms with Gasteiger partial charge in [-0.2, -0.15) is 0 Å². The lowest BCUT2D eigenvalue weighted by atomic mass is 9.80. The zero-order valence-electron chi connectivity index (χ0n) is 12.0. The maximum atomic E-state index is 6.10. The Hall–Kier alpha value is -0.700. The summed E-state index contributed by atoms with van der Waals surface area (Å²) in [4.78, 5) is 2.44. The topological polar surface area (TPSA) is 41.3 Å². The van der Waals surface area contributed by atoms with Crippen LogP contribution in [0.1, 0.15) is 46.0 Å². The van der Waals surface area contributed by atoms with E-state index >= 15 is 0 Å². The van der Waals surface area contributed by atoms with Crippen molar-refractivity contribution in [3.05, 3.63) is 11.9 Å². The molecule has 3 heteroatoms. The lowest BCUT2D eigenvalue weighted by Crippen LogP contribution is -2.37. The van der Waals surface area contributed by atoms with Gasteiger partial charge in [-0.3, -0.25) is 4.90 Å². The molecule has 3 atom stereocenters. The van der Waals surface area contributed by atoms with Gasteiger partial charge in [0.2, 0.25) is 0 Å². The van der Waals surface area contributed by atoms with Crippen LogP contribution in [-0.2, 0) is 0 Å². The van der Waals surface area contributed by atoms with Crippen LogP contribution in [0.2, 0.25) is 0 Å². The first kappa shape index (κ1) is 13.7. The average Bonchev–Trinajstić information content (AvgIpc) is 2.80. The number of nitrogens with zero attached hydrogens (tertiary/aromatic N) is 1. The minimum Gasteiger partial charge on any atom is -0.400 e. The predicted octanol–water partition coefficient (Wildman–Crippen LogP) is 2.30. The Kier molecular flexibility index (Phi) is 4.93. The van der Waals surface area contributed by atoms with E-state index < -0.39 is 0 Å². The van der Waals surface area contributed by atoms with E-state index in [1.165, 1.54) is 45.2 Å². The third-order valence-electron chi connectivity index (χ3n) is 4.52. The van der Waals surface area contributed by atoms with Gasteiger partial charge in [0.25, 0.3) is 0 Å². The monoisotopic (exact) mass is 251 g/mol. The molecule has 1 heterocycles. The molecule has 18 heavy (non-hydrogen) atoms. The van der Waals surface area contributed by atoms with Crippen molar-refractivity contribution in [3.63, 3.8) is 0 Å². The van der Waals surface area contributed by atoms with Crippen molar-refractivity contribution < 1.29 is 0 Å². The molecular formula is C15H29N3. The van der Waals surface area contributed by atoms with Crippen molar-refractivity contribution in [1.29, 1.82) is 0 Å². The van der Waals surface area contributed by atoms with Crippen molar-refractivity contribution in [3.8, 4) is 0 Å². The van der Waals surface area contributed by atoms with Gasteiger partial charge in [-0.25, -0.2) is 0 Å². The first-order chi connectivity index (χ1) is 8.65. The minimum absolute atomic E-state index is 0.623. The van der Waals surface area contributed by atoms with Gasteiger partial charge in [-0.1, -0.05) is 13.8 Å². The van der Waals surface area contributed by atoms with E-state index in [1.54, 1.807) is 0 Å². The van der Waals surface area contributed by atoms with Gasteiger partial charge in [0.1, 0.15) is 0 Å². The van der Waals surface area contributed by atoms with E-state index in [9.17, 15) is 0 Å². The fourth-order valence-electron chi connectivity index (χ4n) is 3.37. The highest BCUT2D eigenvalue weighted by Gasteiger charge is 2.24. The van der Waals surface area contributed by atoms with Crippen molar-refractivity contribution in [2.45, 2.75) is 52.0 Å². The first-order valence-corrected chi connectivity index (χ1v) is 7.58. The van der Waals surface area contributed by atoms with Crippen LogP contribution in [0, 0.1) is 11.8 Å². The van der Waals surface area contributed by atoms with Crippen LogP contribution in [0.5, 0.6) is 0 Å². The summed E-state index contributed by atoms with van der Waals surface area (Å²) in [6, 6.07) is 0.623. The molecule has 0 aromatic carbocycles. The Labute approximate surface area is 112 Å². The Balaban J connectivity index is 1.74. The second-order valence-corrected chi connectivity index (χ2v) is 6.37. The van der Waals surface area contributed by atoms with E-state index in [0.717, 1.165) is 24.1 Å². The molecule has 0 amide bonds. The fraction of sp³-hybridized carbons (Fsp3) is 0.867. The lowest BCUT2D eigenvalue weighted by molar-refractivity contribution is 0.242. The van der Waals surface area contributed by atoms with Gasteiger partial charge in [0.05, 0.1) is 0 Å². The zero-order chi connectivity index (χ0) is 13.0. The third-order valence-corrected chi connectivity index (χ3v) is 4.52. The van der Waals surface area contributed by atoms with Crippen LogP contribution in [0.4, 0.5) is 0 Å². The van der Waals surface area contributed by atoms with Crippen molar-refractivity contribution in [2.24, 2.45) is 17.6 Å². The second kappa shape index (κ2) is 6.46. The number of nitrogens with one attached hydrogen (secondary N) is 1. The molecule has 1 aliphatic heterocycles. The lowest BCUT2D eigenvalue weighted by Gasteiger charge is -2.33. The van der Waals surface area contributed by atoms with Gasteiger partial charge in [0, 0.05) is 24.5 Å². The summed E-state index contributed by atoms with van der Waals surface area (Å²) in [7, 11) is 0. The summed E-state index contributed by atoms with van der Waals surface area (Å²) in [6.45, 7) is 8.09. The Morgan fingerprint density at radius 1 is 1.28 bits per heavy atom. The molecule has 3 N–H and O–H groups in total. The number of rotatable bonds is 4. The summed E-state index contributed by atoms with van der Waals surface area (Å²) in [5.41, 5.74) is 7.09. The zero-order valence-corrected chi connectivity index (χ0v) is 12.0. The fourth-order valence-corrected chi connectivity index (χ4v) is 3.37. The summed E-state index contributed by atoms with van der Waals surface area (Å²) in [5.74, 6) is 1.66. The quantitative estimate of drug-likeness (QED) is 0.805. The van der Waals surface area contributed by atoms with Gasteiger partial charge in [-0.15, -0.1) is 0 Å². The highest BCUT2D eigenvalue weighted by Crippen LogP contribution is 2.28. The molecule has 0 aromatic heterocycles. The number of hydrogen-bond acceptors (Lipinski definition) is 3. The smallest absolute Gasteiger partial charge is 0.0394 e. The van der Waals surface area contributed by atoms with Crippen LogP contribution in [0.25, 0.3) is 0 Å². The van der Waals surface area contributed by atoms with Crippen LogP contribution in [0.3, 0.4) is 0 Å². The highest BCUT2D eigenvalue weighted by atomic mass is 15.1. The maximum absolute atomic E-state index is 6.10. The van der Waals surface area contributed by atoms with Gasteiger partial charge in [0.15, 0.2) is 0 Å². The van der Waals surface area contributed by atoms with Crippen molar-refractivity contribution >= 4 is 0 Å². The normalized spacial score (nSPS) is 34.8. The summed E-state index contributed by atoms with van der Waals surface area (Å²) >= 11 is 0. The molecule has 0 bridgehead atoms. The molecule has 2 rings (SSSR count). The summed E-state index contributed by atoms with van der Waals surface area (Å²) in [5, 5.41) is 3.55. The highest BCUT2D eigenvalue weighted by molar-refractivity contribution is 5.00. The second-order valence-electron chi connectivity index (χ2n) is 6.37. The standard InChI is InChI=1S/C15H29N3/c1-12-5-6-15(13(2)9-12)17-10-14(16)11-18-7-3-4-8-18/h10,12-13,15,17H,3-9,11,16H2,1-2H3/b14-10-/t12?,13-,15?/m0/s1. The van der Waals surface area contributed by atoms with Gasteiger partial charge in [-0.05, 0) is 57.0 Å². The molecule has 0 aromatic rings. The van der Waals surface area contributed by atoms with E-state index in [0.29, 0.717) is 6.04 Å². The van der Waals surface area contributed by atoms with Crippen LogP contribution >= 0.6 is 0 Å². The molecule has 3 nitrogen and oxygen atoms in total. The number of likely N-dealkylation sites (tertiary alicyclic amines) is 1. The third kappa shape index (κ3) is 3.91. The minimum atomic E-state index is 0.623. The Morgan fingerprint density at radius 2 is 2.00 bits per heavy atom. The number of nitrogens with two attached hydrogens (primary N) is 1. The van der Waals surface area contributed by atoms with E-state index in [4.69, 9.17) is 5.73 Å². The van der Waals surface area contributed by atoms with Crippen LogP contribution in [-0.4, -0.2) is 30.6 Å². The molecule has 0 radical (unpaired) electrons. The van der Waals surface area contributed by atoms with Crippen molar-refractivity contribution in [1.82, 2.24) is 10.2 Å². The van der Waals surface area contributed by atoms with E-state index in [-0.39, 0.29) is 0 Å². The van der Waals surface area contributed by atoms with Crippen LogP contribution < -0.4 is 11.1 Å². The molecule has 104 valence electrons. The summed E-state index contributed by atoms with van der Waals surface area (Å²) < 4.78 is 0. The van der Waals surface area contributed by atoms with Gasteiger partial charge < -0.3 is 11.1 Å². The molecule has 1 saturated carbocycles. The van der Waals surface area contributed by atoms with Gasteiger partial charge >= 0.3 is 0 Å². The Morgan fingerprint density at radius 3 is 2.67 bits per heavy atom. The molecular weight excluding hydrogens is 222 g/mol. The molecule has 1 aliphatic carbocycles. The summed E-state index contributed by atoms with van der Waals surface area (Å²) in [6.07, 6.45) is 8.71. The predicted molar refractivity (Wildman–Crippen MR) is 77.0 cm³/mol.